The Morgan fingerprint density at radius 1 is 1.41 bits per heavy atom. The van der Waals surface area contributed by atoms with Crippen molar-refractivity contribution in [1.29, 1.82) is 0 Å². The molecular formula is C19H23F3N4O5S. The molecular weight excluding hydrogens is 453 g/mol. The number of hydrogen-bond donors (Lipinski definition) is 2. The zero-order valence-electron chi connectivity index (χ0n) is 17.2. The summed E-state index contributed by atoms with van der Waals surface area (Å²) in [5, 5.41) is 13.6. The number of halogens is 3. The number of aliphatic carboxylic acids is 1. The molecule has 2 aromatic rings. The van der Waals surface area contributed by atoms with E-state index in [1.165, 1.54) is 11.1 Å². The quantitative estimate of drug-likeness (QED) is 0.676. The highest BCUT2D eigenvalue weighted by molar-refractivity contribution is 7.09. The third kappa shape index (κ3) is 6.26. The van der Waals surface area contributed by atoms with Crippen LogP contribution in [-0.2, 0) is 16.1 Å². The summed E-state index contributed by atoms with van der Waals surface area (Å²) in [6.45, 7) is 6.32. The summed E-state index contributed by atoms with van der Waals surface area (Å²) >= 11 is 1.72. The van der Waals surface area contributed by atoms with Crippen molar-refractivity contribution in [3.8, 4) is 0 Å². The molecule has 176 valence electrons. The Hall–Kier alpha value is -2.51. The van der Waals surface area contributed by atoms with Crippen LogP contribution in [0.2, 0.25) is 0 Å². The number of carboxylic acid groups (broad SMARTS) is 1. The molecule has 4 heterocycles. The van der Waals surface area contributed by atoms with Gasteiger partial charge in [-0.1, -0.05) is 5.16 Å². The number of alkyl halides is 3. The summed E-state index contributed by atoms with van der Waals surface area (Å²) in [7, 11) is 0. The van der Waals surface area contributed by atoms with Crippen LogP contribution in [0.3, 0.4) is 0 Å². The molecule has 2 aliphatic heterocycles. The lowest BCUT2D eigenvalue weighted by atomic mass is 9.83. The minimum absolute atomic E-state index is 0.0179. The average molecular weight is 476 g/mol. The van der Waals surface area contributed by atoms with Crippen molar-refractivity contribution in [1.82, 2.24) is 20.4 Å². The van der Waals surface area contributed by atoms with Crippen molar-refractivity contribution < 1.29 is 37.1 Å². The molecule has 13 heteroatoms. The molecule has 0 radical (unpaired) electrons. The average Bonchev–Trinajstić information content (AvgIpc) is 3.38. The number of carbonyl (C=O) groups is 2. The first-order chi connectivity index (χ1) is 15.1. The second-order valence-corrected chi connectivity index (χ2v) is 8.73. The van der Waals surface area contributed by atoms with Crippen molar-refractivity contribution >= 4 is 23.2 Å². The first kappa shape index (κ1) is 24.1. The Bertz CT molecular complexity index is 902. The number of aromatic nitrogens is 2. The monoisotopic (exact) mass is 476 g/mol. The van der Waals surface area contributed by atoms with Gasteiger partial charge in [-0.15, -0.1) is 11.3 Å². The van der Waals surface area contributed by atoms with E-state index in [1.54, 1.807) is 17.4 Å². The highest BCUT2D eigenvalue weighted by Gasteiger charge is 2.46. The minimum atomic E-state index is -5.08. The number of thiazole rings is 1. The van der Waals surface area contributed by atoms with Gasteiger partial charge in [-0.3, -0.25) is 9.69 Å². The van der Waals surface area contributed by atoms with Crippen LogP contribution in [-0.4, -0.2) is 70.0 Å². The maximum absolute atomic E-state index is 11.9. The molecule has 0 aromatic carbocycles. The fourth-order valence-corrected chi connectivity index (χ4v) is 4.36. The number of rotatable bonds is 5. The van der Waals surface area contributed by atoms with Crippen LogP contribution >= 0.6 is 11.3 Å². The molecule has 0 saturated carbocycles. The fraction of sp³-hybridized carbons (Fsp3) is 0.579. The van der Waals surface area contributed by atoms with Gasteiger partial charge in [0, 0.05) is 37.1 Å². The third-order valence-electron chi connectivity index (χ3n) is 5.32. The van der Waals surface area contributed by atoms with Crippen LogP contribution in [0, 0.1) is 12.8 Å². The molecule has 1 amide bonds. The number of nitrogens with one attached hydrogen (secondary N) is 1. The van der Waals surface area contributed by atoms with Crippen molar-refractivity contribution in [3.05, 3.63) is 34.1 Å². The molecule has 32 heavy (non-hydrogen) atoms. The number of nitrogens with zero attached hydrogens (tertiary/aromatic N) is 3. The van der Waals surface area contributed by atoms with E-state index in [2.05, 4.69) is 27.3 Å². The van der Waals surface area contributed by atoms with Gasteiger partial charge in [-0.05, 0) is 25.7 Å². The van der Waals surface area contributed by atoms with E-state index in [9.17, 15) is 18.0 Å². The van der Waals surface area contributed by atoms with E-state index in [0.717, 1.165) is 38.2 Å². The zero-order chi connectivity index (χ0) is 23.4. The van der Waals surface area contributed by atoms with Gasteiger partial charge in [0.2, 0.25) is 5.76 Å². The standard InChI is InChI=1S/C17H22N4O3S.C2HF3O2/c1-12-15(25-11-19-12)7-21-9-17(10-21)4-2-13(8-23-17)6-18-16(22)14-3-5-20-24-14;3-2(4,5)1(6)7/h3,5,11,13H,2,4,6-10H2,1H3,(H,18,22);(H,6,7). The summed E-state index contributed by atoms with van der Waals surface area (Å²) in [5.74, 6) is -2.36. The number of likely N-dealkylation sites (tertiary alicyclic amines) is 1. The zero-order valence-corrected chi connectivity index (χ0v) is 18.0. The molecule has 1 atom stereocenters. The molecule has 2 saturated heterocycles. The molecule has 1 spiro atoms. The number of hydrogen-bond acceptors (Lipinski definition) is 8. The first-order valence-corrected chi connectivity index (χ1v) is 10.7. The lowest BCUT2D eigenvalue weighted by molar-refractivity contribution is -0.192. The van der Waals surface area contributed by atoms with E-state index >= 15 is 0 Å². The predicted octanol–water partition coefficient (Wildman–Crippen LogP) is 2.48. The van der Waals surface area contributed by atoms with E-state index < -0.39 is 12.1 Å². The van der Waals surface area contributed by atoms with Gasteiger partial charge in [0.05, 0.1) is 29.6 Å². The molecule has 9 nitrogen and oxygen atoms in total. The van der Waals surface area contributed by atoms with Gasteiger partial charge in [0.15, 0.2) is 0 Å². The van der Waals surface area contributed by atoms with Gasteiger partial charge in [-0.2, -0.15) is 13.2 Å². The second kappa shape index (κ2) is 9.96. The van der Waals surface area contributed by atoms with E-state index in [0.29, 0.717) is 19.1 Å². The van der Waals surface area contributed by atoms with Gasteiger partial charge in [-0.25, -0.2) is 9.78 Å². The fourth-order valence-electron chi connectivity index (χ4n) is 3.55. The smallest absolute Gasteiger partial charge is 0.475 e. The maximum Gasteiger partial charge on any atom is 0.490 e. The van der Waals surface area contributed by atoms with Crippen molar-refractivity contribution in [2.45, 2.75) is 38.1 Å². The summed E-state index contributed by atoms with van der Waals surface area (Å²) < 4.78 is 42.8. The van der Waals surface area contributed by atoms with Gasteiger partial charge in [0.25, 0.3) is 5.91 Å². The third-order valence-corrected chi connectivity index (χ3v) is 6.24. The summed E-state index contributed by atoms with van der Waals surface area (Å²) in [5.41, 5.74) is 3.07. The minimum Gasteiger partial charge on any atom is -0.475 e. The van der Waals surface area contributed by atoms with Gasteiger partial charge >= 0.3 is 12.1 Å². The molecule has 2 aliphatic rings. The van der Waals surface area contributed by atoms with Crippen LogP contribution in [0.5, 0.6) is 0 Å². The molecule has 2 N–H and O–H groups in total. The molecule has 1 unspecified atom stereocenters. The number of carbonyl (C=O) groups excluding carboxylic acids is 1. The topological polar surface area (TPSA) is 118 Å². The number of aryl methyl sites for hydroxylation is 1. The predicted molar refractivity (Wildman–Crippen MR) is 106 cm³/mol. The van der Waals surface area contributed by atoms with Crippen LogP contribution in [0.1, 0.15) is 34.0 Å². The largest absolute Gasteiger partial charge is 0.490 e. The van der Waals surface area contributed by atoms with Crippen LogP contribution in [0.25, 0.3) is 0 Å². The SMILES string of the molecule is Cc1ncsc1CN1CC2(CCC(CNC(=O)c3ccno3)CO2)C1.O=C(O)C(F)(F)F. The number of carboxylic acids is 1. The van der Waals surface area contributed by atoms with E-state index in [1.807, 2.05) is 5.51 Å². The van der Waals surface area contributed by atoms with Gasteiger partial charge in [0.1, 0.15) is 0 Å². The van der Waals surface area contributed by atoms with Crippen LogP contribution in [0.15, 0.2) is 22.3 Å². The molecule has 2 fully saturated rings. The Morgan fingerprint density at radius 3 is 2.62 bits per heavy atom. The lowest BCUT2D eigenvalue weighted by Gasteiger charge is -2.52. The Morgan fingerprint density at radius 2 is 2.12 bits per heavy atom. The molecule has 4 rings (SSSR count). The van der Waals surface area contributed by atoms with E-state index in [-0.39, 0.29) is 17.3 Å². The Balaban J connectivity index is 0.000000360. The highest BCUT2D eigenvalue weighted by Crippen LogP contribution is 2.37. The van der Waals surface area contributed by atoms with Gasteiger partial charge < -0.3 is 19.7 Å². The molecule has 0 aliphatic carbocycles. The van der Waals surface area contributed by atoms with Crippen LogP contribution in [0.4, 0.5) is 13.2 Å². The Labute approximate surface area is 185 Å². The Kier molecular flexibility index (Phi) is 7.51. The van der Waals surface area contributed by atoms with Crippen molar-refractivity contribution in [3.63, 3.8) is 0 Å². The normalized spacial score (nSPS) is 20.2. The number of ether oxygens (including phenoxy) is 1. The van der Waals surface area contributed by atoms with Crippen molar-refractivity contribution in [2.24, 2.45) is 5.92 Å². The summed E-state index contributed by atoms with van der Waals surface area (Å²) in [4.78, 5) is 28.8. The van der Waals surface area contributed by atoms with E-state index in [4.69, 9.17) is 19.2 Å². The highest BCUT2D eigenvalue weighted by atomic mass is 32.1. The first-order valence-electron chi connectivity index (χ1n) is 9.82. The van der Waals surface area contributed by atoms with Crippen LogP contribution < -0.4 is 5.32 Å². The summed E-state index contributed by atoms with van der Waals surface area (Å²) in [6, 6.07) is 1.56. The number of amides is 1. The van der Waals surface area contributed by atoms with Crippen molar-refractivity contribution in [2.75, 3.05) is 26.2 Å². The second-order valence-electron chi connectivity index (χ2n) is 7.79. The maximum atomic E-state index is 11.9. The lowest BCUT2D eigenvalue weighted by Crippen LogP contribution is -2.64. The molecule has 0 bridgehead atoms. The molecule has 2 aromatic heterocycles. The summed E-state index contributed by atoms with van der Waals surface area (Å²) in [6.07, 6.45) is -1.49.